The number of hydrogen-bond donors (Lipinski definition) is 0. The predicted molar refractivity (Wildman–Crippen MR) is 90.8 cm³/mol. The van der Waals surface area contributed by atoms with Gasteiger partial charge in [-0.15, -0.1) is 0 Å². The molecule has 0 heterocycles. The molecule has 3 aromatic carbocycles. The SMILES string of the molecule is BrCc1ccc(Oc2ccc3ccccc3c2)c(Br)c1. The topological polar surface area (TPSA) is 9.23 Å². The summed E-state index contributed by atoms with van der Waals surface area (Å²) >= 11 is 7.00. The number of benzene rings is 3. The molecule has 0 aliphatic rings. The molecule has 3 heteroatoms. The fourth-order valence-electron chi connectivity index (χ4n) is 2.07. The molecule has 0 saturated carbocycles. The van der Waals surface area contributed by atoms with Crippen molar-refractivity contribution < 1.29 is 4.74 Å². The van der Waals surface area contributed by atoms with E-state index in [0.717, 1.165) is 21.3 Å². The van der Waals surface area contributed by atoms with Crippen LogP contribution in [0.15, 0.2) is 65.1 Å². The number of ether oxygens (including phenoxy) is 1. The summed E-state index contributed by atoms with van der Waals surface area (Å²) in [5.74, 6) is 1.67. The standard InChI is InChI=1S/C17H12Br2O/c18-11-12-5-8-17(16(19)9-12)20-15-7-6-13-3-1-2-4-14(13)10-15/h1-10H,11H2. The van der Waals surface area contributed by atoms with Crippen molar-refractivity contribution in [2.75, 3.05) is 0 Å². The van der Waals surface area contributed by atoms with E-state index in [2.05, 4.69) is 68.3 Å². The predicted octanol–water partition coefficient (Wildman–Crippen LogP) is 6.29. The molecule has 0 radical (unpaired) electrons. The average Bonchev–Trinajstić information content (AvgIpc) is 2.49. The van der Waals surface area contributed by atoms with Gasteiger partial charge < -0.3 is 4.74 Å². The lowest BCUT2D eigenvalue weighted by Gasteiger charge is -2.09. The molecule has 0 N–H and O–H groups in total. The van der Waals surface area contributed by atoms with Crippen molar-refractivity contribution in [3.05, 3.63) is 70.7 Å². The zero-order valence-electron chi connectivity index (χ0n) is 10.6. The Morgan fingerprint density at radius 1 is 0.850 bits per heavy atom. The third-order valence-corrected chi connectivity index (χ3v) is 4.37. The summed E-state index contributed by atoms with van der Waals surface area (Å²) in [6.07, 6.45) is 0. The van der Waals surface area contributed by atoms with Crippen molar-refractivity contribution in [2.45, 2.75) is 5.33 Å². The van der Waals surface area contributed by atoms with Gasteiger partial charge in [0.25, 0.3) is 0 Å². The zero-order chi connectivity index (χ0) is 13.9. The van der Waals surface area contributed by atoms with E-state index in [9.17, 15) is 0 Å². The Balaban J connectivity index is 1.92. The van der Waals surface area contributed by atoms with Crippen LogP contribution in [-0.2, 0) is 5.33 Å². The Kier molecular flexibility index (Phi) is 4.08. The second-order valence-corrected chi connectivity index (χ2v) is 5.92. The van der Waals surface area contributed by atoms with Crippen LogP contribution in [0, 0.1) is 0 Å². The van der Waals surface area contributed by atoms with Crippen LogP contribution in [0.4, 0.5) is 0 Å². The molecule has 0 amide bonds. The van der Waals surface area contributed by atoms with E-state index in [0.29, 0.717) is 0 Å². The van der Waals surface area contributed by atoms with Gasteiger partial charge in [0.2, 0.25) is 0 Å². The molecule has 0 aliphatic heterocycles. The molecular weight excluding hydrogens is 380 g/mol. The van der Waals surface area contributed by atoms with E-state index in [1.807, 2.05) is 24.3 Å². The van der Waals surface area contributed by atoms with Crippen molar-refractivity contribution in [2.24, 2.45) is 0 Å². The van der Waals surface area contributed by atoms with Gasteiger partial charge in [0, 0.05) is 5.33 Å². The van der Waals surface area contributed by atoms with E-state index in [1.165, 1.54) is 16.3 Å². The monoisotopic (exact) mass is 390 g/mol. The lowest BCUT2D eigenvalue weighted by molar-refractivity contribution is 0.480. The molecule has 3 aromatic rings. The smallest absolute Gasteiger partial charge is 0.141 e. The highest BCUT2D eigenvalue weighted by molar-refractivity contribution is 9.10. The summed E-state index contributed by atoms with van der Waals surface area (Å²) in [7, 11) is 0. The lowest BCUT2D eigenvalue weighted by atomic mass is 10.1. The molecule has 0 aromatic heterocycles. The first-order chi connectivity index (χ1) is 9.76. The van der Waals surface area contributed by atoms with Crippen LogP contribution in [0.25, 0.3) is 10.8 Å². The van der Waals surface area contributed by atoms with Crippen molar-refractivity contribution in [1.29, 1.82) is 0 Å². The number of halogens is 2. The van der Waals surface area contributed by atoms with Gasteiger partial charge in [0.1, 0.15) is 11.5 Å². The van der Waals surface area contributed by atoms with Crippen LogP contribution in [-0.4, -0.2) is 0 Å². The van der Waals surface area contributed by atoms with Crippen molar-refractivity contribution in [3.8, 4) is 11.5 Å². The summed E-state index contributed by atoms with van der Waals surface area (Å²) < 4.78 is 6.92. The van der Waals surface area contributed by atoms with Crippen molar-refractivity contribution >= 4 is 42.6 Å². The van der Waals surface area contributed by atoms with Crippen molar-refractivity contribution in [3.63, 3.8) is 0 Å². The Bertz CT molecular complexity index is 753. The Morgan fingerprint density at radius 2 is 1.65 bits per heavy atom. The number of rotatable bonds is 3. The van der Waals surface area contributed by atoms with Crippen LogP contribution < -0.4 is 4.74 Å². The quantitative estimate of drug-likeness (QED) is 0.476. The second-order valence-electron chi connectivity index (χ2n) is 4.51. The normalized spacial score (nSPS) is 10.7. The summed E-state index contributed by atoms with van der Waals surface area (Å²) in [6, 6.07) is 20.5. The van der Waals surface area contributed by atoms with Gasteiger partial charge >= 0.3 is 0 Å². The van der Waals surface area contributed by atoms with E-state index in [4.69, 9.17) is 4.74 Å². The fourth-order valence-corrected chi connectivity index (χ4v) is 2.92. The third kappa shape index (κ3) is 2.89. The van der Waals surface area contributed by atoms with Crippen LogP contribution in [0.5, 0.6) is 11.5 Å². The molecule has 100 valence electrons. The number of hydrogen-bond acceptors (Lipinski definition) is 1. The minimum absolute atomic E-state index is 0.824. The zero-order valence-corrected chi connectivity index (χ0v) is 13.8. The maximum atomic E-state index is 5.95. The number of fused-ring (bicyclic) bond motifs is 1. The molecule has 0 spiro atoms. The van der Waals surface area contributed by atoms with Crippen LogP contribution >= 0.6 is 31.9 Å². The van der Waals surface area contributed by atoms with E-state index in [1.54, 1.807) is 0 Å². The van der Waals surface area contributed by atoms with E-state index in [-0.39, 0.29) is 0 Å². The fraction of sp³-hybridized carbons (Fsp3) is 0.0588. The summed E-state index contributed by atoms with van der Waals surface area (Å²) in [5, 5.41) is 3.23. The van der Waals surface area contributed by atoms with Gasteiger partial charge in [0.05, 0.1) is 4.47 Å². The van der Waals surface area contributed by atoms with E-state index >= 15 is 0 Å². The second kappa shape index (κ2) is 5.98. The highest BCUT2D eigenvalue weighted by Crippen LogP contribution is 2.32. The Labute approximate surface area is 134 Å². The molecule has 20 heavy (non-hydrogen) atoms. The first-order valence-corrected chi connectivity index (χ1v) is 8.19. The number of alkyl halides is 1. The largest absolute Gasteiger partial charge is 0.456 e. The van der Waals surface area contributed by atoms with Crippen LogP contribution in [0.1, 0.15) is 5.56 Å². The minimum atomic E-state index is 0.824. The highest BCUT2D eigenvalue weighted by Gasteiger charge is 2.04. The molecular formula is C17H12Br2O. The third-order valence-electron chi connectivity index (χ3n) is 3.10. The van der Waals surface area contributed by atoms with Crippen molar-refractivity contribution in [1.82, 2.24) is 0 Å². The molecule has 1 nitrogen and oxygen atoms in total. The van der Waals surface area contributed by atoms with Gasteiger partial charge in [-0.2, -0.15) is 0 Å². The highest BCUT2D eigenvalue weighted by atomic mass is 79.9. The Hall–Kier alpha value is -1.32. The maximum Gasteiger partial charge on any atom is 0.141 e. The summed E-state index contributed by atoms with van der Waals surface area (Å²) in [4.78, 5) is 0. The van der Waals surface area contributed by atoms with Gasteiger partial charge in [-0.05, 0) is 56.5 Å². The van der Waals surface area contributed by atoms with Gasteiger partial charge in [0.15, 0.2) is 0 Å². The van der Waals surface area contributed by atoms with Gasteiger partial charge in [-0.25, -0.2) is 0 Å². The first kappa shape index (κ1) is 13.7. The molecule has 0 saturated heterocycles. The van der Waals surface area contributed by atoms with Crippen LogP contribution in [0.2, 0.25) is 0 Å². The Morgan fingerprint density at radius 3 is 2.40 bits per heavy atom. The van der Waals surface area contributed by atoms with E-state index < -0.39 is 0 Å². The first-order valence-electron chi connectivity index (χ1n) is 6.27. The molecule has 0 aliphatic carbocycles. The van der Waals surface area contributed by atoms with Gasteiger partial charge in [-0.3, -0.25) is 0 Å². The molecule has 3 rings (SSSR count). The lowest BCUT2D eigenvalue weighted by Crippen LogP contribution is -1.87. The maximum absolute atomic E-state index is 5.95. The molecule has 0 bridgehead atoms. The summed E-state index contributed by atoms with van der Waals surface area (Å²) in [5.41, 5.74) is 1.21. The minimum Gasteiger partial charge on any atom is -0.456 e. The van der Waals surface area contributed by atoms with Gasteiger partial charge in [-0.1, -0.05) is 52.3 Å². The molecule has 0 atom stereocenters. The molecule has 0 fully saturated rings. The molecule has 0 unspecified atom stereocenters. The summed E-state index contributed by atoms with van der Waals surface area (Å²) in [6.45, 7) is 0. The van der Waals surface area contributed by atoms with Crippen LogP contribution in [0.3, 0.4) is 0 Å². The average molecular weight is 392 g/mol.